The lowest BCUT2D eigenvalue weighted by atomic mass is 10.2. The summed E-state index contributed by atoms with van der Waals surface area (Å²) in [5.41, 5.74) is 6.32. The average molecular weight is 353 g/mol. The number of aliphatic imine (C=N–C) groups is 1. The van der Waals surface area contributed by atoms with Crippen molar-refractivity contribution in [3.63, 3.8) is 0 Å². The molecule has 1 aromatic carbocycles. The number of alkyl halides is 1. The maximum atomic E-state index is 13.0. The van der Waals surface area contributed by atoms with Crippen molar-refractivity contribution >= 4 is 34.2 Å². The minimum Gasteiger partial charge on any atom is -0.396 e. The fourth-order valence-electron chi connectivity index (χ4n) is 1.14. The number of hydrogen-bond donors (Lipinski definition) is 2. The van der Waals surface area contributed by atoms with Crippen LogP contribution < -0.4 is 11.6 Å². The van der Waals surface area contributed by atoms with Crippen molar-refractivity contribution < 1.29 is 14.0 Å². The summed E-state index contributed by atoms with van der Waals surface area (Å²) in [5, 5.41) is 0. The maximum Gasteiger partial charge on any atom is 0.236 e. The maximum absolute atomic E-state index is 13.0. The molecule has 7 heteroatoms. The molecule has 1 atom stereocenters. The van der Waals surface area contributed by atoms with Crippen LogP contribution >= 0.6 is 22.6 Å². The van der Waals surface area contributed by atoms with Crippen LogP contribution in [0.25, 0.3) is 0 Å². The van der Waals surface area contributed by atoms with Gasteiger partial charge in [0.15, 0.2) is 0 Å². The van der Waals surface area contributed by atoms with Crippen LogP contribution in [0.15, 0.2) is 23.2 Å². The van der Waals surface area contributed by atoms with Crippen LogP contribution in [0.5, 0.6) is 0 Å². The van der Waals surface area contributed by atoms with Crippen LogP contribution in [0.4, 0.5) is 10.1 Å². The van der Waals surface area contributed by atoms with Gasteiger partial charge >= 0.3 is 0 Å². The molecule has 0 saturated heterocycles. The molecule has 94 valence electrons. The molecular weight excluding hydrogens is 340 g/mol. The number of anilines is 1. The molecule has 5 nitrogen and oxygen atoms in total. The summed E-state index contributed by atoms with van der Waals surface area (Å²) in [6, 6.07) is 4.43. The van der Waals surface area contributed by atoms with Gasteiger partial charge in [0.25, 0.3) is 0 Å². The predicted molar refractivity (Wildman–Crippen MR) is 72.2 cm³/mol. The zero-order chi connectivity index (χ0) is 12.8. The molecule has 17 heavy (non-hydrogen) atoms. The van der Waals surface area contributed by atoms with Gasteiger partial charge in [0, 0.05) is 7.11 Å². The molecule has 1 unspecified atom stereocenters. The Balaban J connectivity index is 2.87. The van der Waals surface area contributed by atoms with E-state index in [-0.39, 0.29) is 22.2 Å². The molecule has 1 rings (SSSR count). The van der Waals surface area contributed by atoms with Crippen LogP contribution in [0.1, 0.15) is 9.61 Å². The Morgan fingerprint density at radius 1 is 1.59 bits per heavy atom. The van der Waals surface area contributed by atoms with Crippen LogP contribution in [-0.4, -0.2) is 19.6 Å². The third-order valence-corrected chi connectivity index (χ3v) is 2.95. The van der Waals surface area contributed by atoms with Gasteiger partial charge in [-0.1, -0.05) is 28.7 Å². The highest BCUT2D eigenvalue weighted by molar-refractivity contribution is 14.1. The lowest BCUT2D eigenvalue weighted by Crippen LogP contribution is -2.16. The third-order valence-electron chi connectivity index (χ3n) is 1.96. The van der Waals surface area contributed by atoms with Crippen molar-refractivity contribution in [3.8, 4) is 0 Å². The van der Waals surface area contributed by atoms with Gasteiger partial charge in [0.2, 0.25) is 5.90 Å². The van der Waals surface area contributed by atoms with Gasteiger partial charge in [-0.2, -0.15) is 5.90 Å². The molecule has 1 aromatic rings. The van der Waals surface area contributed by atoms with Gasteiger partial charge in [-0.25, -0.2) is 9.38 Å². The van der Waals surface area contributed by atoms with Crippen molar-refractivity contribution in [2.45, 2.75) is 4.05 Å². The Labute approximate surface area is 112 Å². The zero-order valence-electron chi connectivity index (χ0n) is 9.19. The standard InChI is InChI=1S/C10H13FIN3O2/c1-16-5-9(17-14)15-10(12)6-2-3-7(11)8(13)4-6/h2-4,10H,5,13-14H2,1H3. The van der Waals surface area contributed by atoms with E-state index < -0.39 is 5.82 Å². The van der Waals surface area contributed by atoms with Crippen LogP contribution in [0, 0.1) is 5.82 Å². The van der Waals surface area contributed by atoms with E-state index in [2.05, 4.69) is 32.4 Å². The Hall–Kier alpha value is -0.930. The lowest BCUT2D eigenvalue weighted by molar-refractivity contribution is 0.204. The van der Waals surface area contributed by atoms with Gasteiger partial charge in [-0.3, -0.25) is 0 Å². The topological polar surface area (TPSA) is 82.9 Å². The smallest absolute Gasteiger partial charge is 0.236 e. The molecule has 0 aliphatic heterocycles. The van der Waals surface area contributed by atoms with E-state index in [4.69, 9.17) is 16.4 Å². The molecule has 0 spiro atoms. The highest BCUT2D eigenvalue weighted by Crippen LogP contribution is 2.27. The van der Waals surface area contributed by atoms with Crippen molar-refractivity contribution in [2.24, 2.45) is 10.9 Å². The SMILES string of the molecule is COCC(=NC(I)c1ccc(F)c(N)c1)ON. The fourth-order valence-corrected chi connectivity index (χ4v) is 1.83. The molecule has 0 radical (unpaired) electrons. The molecular formula is C10H13FIN3O2. The number of hydrogen-bond acceptors (Lipinski definition) is 5. The number of methoxy groups -OCH3 is 1. The van der Waals surface area contributed by atoms with Crippen molar-refractivity contribution in [1.82, 2.24) is 0 Å². The molecule has 0 aliphatic carbocycles. The first-order valence-corrected chi connectivity index (χ1v) is 5.94. The summed E-state index contributed by atoms with van der Waals surface area (Å²) >= 11 is 2.06. The first-order valence-electron chi connectivity index (χ1n) is 4.69. The van der Waals surface area contributed by atoms with Crippen LogP contribution in [0.3, 0.4) is 0 Å². The number of halogens is 2. The number of rotatable bonds is 4. The van der Waals surface area contributed by atoms with Gasteiger partial charge in [-0.05, 0) is 17.7 Å². The minimum absolute atomic E-state index is 0.0846. The van der Waals surface area contributed by atoms with Gasteiger partial charge < -0.3 is 15.3 Å². The van der Waals surface area contributed by atoms with E-state index in [1.807, 2.05) is 0 Å². The molecule has 0 amide bonds. The summed E-state index contributed by atoms with van der Waals surface area (Å²) in [6.07, 6.45) is 0. The van der Waals surface area contributed by atoms with E-state index in [0.717, 1.165) is 5.56 Å². The summed E-state index contributed by atoms with van der Waals surface area (Å²) in [7, 11) is 1.51. The van der Waals surface area contributed by atoms with E-state index in [1.54, 1.807) is 6.07 Å². The average Bonchev–Trinajstić information content (AvgIpc) is 2.31. The van der Waals surface area contributed by atoms with Gasteiger partial charge in [-0.15, -0.1) is 0 Å². The second-order valence-electron chi connectivity index (χ2n) is 3.19. The normalized spacial score (nSPS) is 13.5. The molecule has 0 bridgehead atoms. The Kier molecular flexibility index (Phi) is 5.59. The minimum atomic E-state index is -0.450. The fraction of sp³-hybridized carbons (Fsp3) is 0.300. The monoisotopic (exact) mass is 353 g/mol. The highest BCUT2D eigenvalue weighted by Gasteiger charge is 2.10. The summed E-state index contributed by atoms with van der Waals surface area (Å²) in [6.45, 7) is 0.173. The molecule has 0 aromatic heterocycles. The highest BCUT2D eigenvalue weighted by atomic mass is 127. The molecule has 0 heterocycles. The first kappa shape index (κ1) is 14.1. The van der Waals surface area contributed by atoms with Crippen LogP contribution in [0.2, 0.25) is 0 Å². The number of benzene rings is 1. The Morgan fingerprint density at radius 3 is 2.82 bits per heavy atom. The molecule has 0 aliphatic rings. The van der Waals surface area contributed by atoms with E-state index in [1.165, 1.54) is 19.2 Å². The number of nitrogens with zero attached hydrogens (tertiary/aromatic N) is 1. The summed E-state index contributed by atoms with van der Waals surface area (Å²) in [4.78, 5) is 8.73. The second-order valence-corrected chi connectivity index (χ2v) is 4.37. The molecule has 4 N–H and O–H groups in total. The second kappa shape index (κ2) is 6.72. The van der Waals surface area contributed by atoms with Gasteiger partial charge in [0.05, 0.1) is 5.69 Å². The van der Waals surface area contributed by atoms with Crippen molar-refractivity contribution in [3.05, 3.63) is 29.6 Å². The zero-order valence-corrected chi connectivity index (χ0v) is 11.3. The lowest BCUT2D eigenvalue weighted by Gasteiger charge is -2.09. The first-order chi connectivity index (χ1) is 8.08. The van der Waals surface area contributed by atoms with E-state index >= 15 is 0 Å². The largest absolute Gasteiger partial charge is 0.396 e. The number of nitrogens with two attached hydrogens (primary N) is 2. The van der Waals surface area contributed by atoms with E-state index in [9.17, 15) is 4.39 Å². The number of ether oxygens (including phenoxy) is 1. The van der Waals surface area contributed by atoms with Gasteiger partial charge in [0.1, 0.15) is 16.5 Å². The Morgan fingerprint density at radius 2 is 2.29 bits per heavy atom. The quantitative estimate of drug-likeness (QED) is 0.164. The number of nitrogen functional groups attached to an aromatic ring is 1. The summed E-state index contributed by atoms with van der Waals surface area (Å²) in [5.74, 6) is 4.85. The van der Waals surface area contributed by atoms with Crippen molar-refractivity contribution in [1.29, 1.82) is 0 Å². The van der Waals surface area contributed by atoms with Crippen molar-refractivity contribution in [2.75, 3.05) is 19.5 Å². The Bertz CT molecular complexity index is 415. The predicted octanol–water partition coefficient (Wildman–Crippen LogP) is 1.78. The van der Waals surface area contributed by atoms with Crippen LogP contribution in [-0.2, 0) is 9.57 Å². The molecule has 0 saturated carbocycles. The molecule has 0 fully saturated rings. The summed E-state index contributed by atoms with van der Waals surface area (Å²) < 4.78 is 17.6. The van der Waals surface area contributed by atoms with E-state index in [0.29, 0.717) is 0 Å². The third kappa shape index (κ3) is 4.10.